The molecule has 15 heavy (non-hydrogen) atoms. The molecule has 1 saturated heterocycles. The third-order valence-electron chi connectivity index (χ3n) is 4.00. The van der Waals surface area contributed by atoms with Crippen LogP contribution in [0.15, 0.2) is 24.3 Å². The molecular formula is C14H18S. The summed E-state index contributed by atoms with van der Waals surface area (Å²) >= 11 is 2.18. The Morgan fingerprint density at radius 3 is 2.40 bits per heavy atom. The van der Waals surface area contributed by atoms with E-state index in [1.807, 2.05) is 0 Å². The van der Waals surface area contributed by atoms with Crippen LogP contribution in [-0.4, -0.2) is 11.0 Å². The standard InChI is InChI=1S/C14H18S/c1-11-6-7-14(10-15-11)8-12-4-2-3-5-13(12)9-14/h2-5,11H,6-10H2,1H3. The third-order valence-corrected chi connectivity index (χ3v) is 5.59. The molecule has 1 aromatic rings. The van der Waals surface area contributed by atoms with Crippen LogP contribution in [0.1, 0.15) is 30.9 Å². The van der Waals surface area contributed by atoms with Crippen molar-refractivity contribution in [1.82, 2.24) is 0 Å². The van der Waals surface area contributed by atoms with Crippen molar-refractivity contribution < 1.29 is 0 Å². The Hall–Kier alpha value is -0.430. The van der Waals surface area contributed by atoms with Crippen molar-refractivity contribution in [2.75, 3.05) is 5.75 Å². The van der Waals surface area contributed by atoms with Crippen LogP contribution in [0.5, 0.6) is 0 Å². The fraction of sp³-hybridized carbons (Fsp3) is 0.571. The van der Waals surface area contributed by atoms with Crippen LogP contribution >= 0.6 is 11.8 Å². The van der Waals surface area contributed by atoms with Gasteiger partial charge in [-0.3, -0.25) is 0 Å². The summed E-state index contributed by atoms with van der Waals surface area (Å²) < 4.78 is 0. The molecule has 1 aliphatic carbocycles. The normalized spacial score (nSPS) is 27.9. The lowest BCUT2D eigenvalue weighted by Crippen LogP contribution is -2.30. The topological polar surface area (TPSA) is 0 Å². The largest absolute Gasteiger partial charge is 0.158 e. The zero-order valence-electron chi connectivity index (χ0n) is 9.33. The van der Waals surface area contributed by atoms with Gasteiger partial charge in [-0.1, -0.05) is 31.2 Å². The first-order valence-corrected chi connectivity index (χ1v) is 7.01. The van der Waals surface area contributed by atoms with Crippen molar-refractivity contribution in [3.05, 3.63) is 35.4 Å². The summed E-state index contributed by atoms with van der Waals surface area (Å²) in [5.41, 5.74) is 3.86. The van der Waals surface area contributed by atoms with Crippen LogP contribution in [0.2, 0.25) is 0 Å². The molecule has 1 aliphatic heterocycles. The number of rotatable bonds is 0. The SMILES string of the molecule is CC1CCC2(CS1)Cc1ccccc1C2. The van der Waals surface area contributed by atoms with Gasteiger partial charge >= 0.3 is 0 Å². The van der Waals surface area contributed by atoms with Gasteiger partial charge in [-0.25, -0.2) is 0 Å². The Balaban J connectivity index is 1.83. The summed E-state index contributed by atoms with van der Waals surface area (Å²) in [6.07, 6.45) is 5.53. The summed E-state index contributed by atoms with van der Waals surface area (Å²) in [4.78, 5) is 0. The minimum Gasteiger partial charge on any atom is -0.158 e. The molecule has 0 aromatic heterocycles. The van der Waals surface area contributed by atoms with Crippen molar-refractivity contribution in [3.8, 4) is 0 Å². The fourth-order valence-corrected chi connectivity index (χ4v) is 4.31. The third kappa shape index (κ3) is 1.71. The molecule has 1 aromatic carbocycles. The van der Waals surface area contributed by atoms with Crippen LogP contribution in [0.4, 0.5) is 0 Å². The molecule has 3 rings (SSSR count). The molecular weight excluding hydrogens is 200 g/mol. The lowest BCUT2D eigenvalue weighted by Gasteiger charge is -2.35. The van der Waals surface area contributed by atoms with Gasteiger partial charge in [-0.05, 0) is 48.0 Å². The van der Waals surface area contributed by atoms with Crippen LogP contribution < -0.4 is 0 Å². The van der Waals surface area contributed by atoms with Gasteiger partial charge in [0.25, 0.3) is 0 Å². The van der Waals surface area contributed by atoms with Crippen LogP contribution in [-0.2, 0) is 12.8 Å². The quantitative estimate of drug-likeness (QED) is 0.640. The average molecular weight is 218 g/mol. The van der Waals surface area contributed by atoms with Gasteiger partial charge in [0.05, 0.1) is 0 Å². The second-order valence-electron chi connectivity index (χ2n) is 5.28. The van der Waals surface area contributed by atoms with Gasteiger partial charge < -0.3 is 0 Å². The zero-order chi connectivity index (χ0) is 10.3. The molecule has 80 valence electrons. The Kier molecular flexibility index (Phi) is 2.31. The van der Waals surface area contributed by atoms with Gasteiger partial charge in [-0.2, -0.15) is 11.8 Å². The van der Waals surface area contributed by atoms with E-state index >= 15 is 0 Å². The Bertz CT molecular complexity index is 334. The first-order chi connectivity index (χ1) is 7.27. The van der Waals surface area contributed by atoms with Gasteiger partial charge in [0.2, 0.25) is 0 Å². The molecule has 0 amide bonds. The number of hydrogen-bond donors (Lipinski definition) is 0. The van der Waals surface area contributed by atoms with Crippen LogP contribution in [0, 0.1) is 5.41 Å². The van der Waals surface area contributed by atoms with E-state index < -0.39 is 0 Å². The highest BCUT2D eigenvalue weighted by Gasteiger charge is 2.39. The average Bonchev–Trinajstić information content (AvgIpc) is 2.61. The minimum atomic E-state index is 0.626. The molecule has 0 nitrogen and oxygen atoms in total. The Labute approximate surface area is 96.5 Å². The second-order valence-corrected chi connectivity index (χ2v) is 6.71. The highest BCUT2D eigenvalue weighted by molar-refractivity contribution is 7.99. The van der Waals surface area contributed by atoms with Crippen molar-refractivity contribution in [2.24, 2.45) is 5.41 Å². The first kappa shape index (κ1) is 9.77. The maximum Gasteiger partial charge on any atom is 0.00191 e. The summed E-state index contributed by atoms with van der Waals surface area (Å²) in [6.45, 7) is 2.37. The summed E-state index contributed by atoms with van der Waals surface area (Å²) in [7, 11) is 0. The summed E-state index contributed by atoms with van der Waals surface area (Å²) in [5.74, 6) is 1.38. The van der Waals surface area contributed by atoms with Crippen molar-refractivity contribution in [2.45, 2.75) is 37.9 Å². The Morgan fingerprint density at radius 2 is 1.87 bits per heavy atom. The number of hydrogen-bond acceptors (Lipinski definition) is 1. The van der Waals surface area contributed by atoms with E-state index in [1.54, 1.807) is 11.1 Å². The van der Waals surface area contributed by atoms with E-state index in [-0.39, 0.29) is 0 Å². The van der Waals surface area contributed by atoms with Crippen molar-refractivity contribution >= 4 is 11.8 Å². The predicted octanol–water partition coefficient (Wildman–Crippen LogP) is 3.69. The van der Waals surface area contributed by atoms with Gasteiger partial charge in [0.15, 0.2) is 0 Å². The number of thioether (sulfide) groups is 1. The fourth-order valence-electron chi connectivity index (χ4n) is 3.04. The maximum atomic E-state index is 2.37. The molecule has 2 aliphatic rings. The molecule has 0 radical (unpaired) electrons. The zero-order valence-corrected chi connectivity index (χ0v) is 10.1. The summed E-state index contributed by atoms with van der Waals surface area (Å²) in [6, 6.07) is 9.03. The van der Waals surface area contributed by atoms with E-state index in [2.05, 4.69) is 43.0 Å². The monoisotopic (exact) mass is 218 g/mol. The van der Waals surface area contributed by atoms with E-state index in [1.165, 1.54) is 31.4 Å². The second kappa shape index (κ2) is 3.55. The maximum absolute atomic E-state index is 2.37. The minimum absolute atomic E-state index is 0.626. The van der Waals surface area contributed by atoms with Gasteiger partial charge in [0.1, 0.15) is 0 Å². The molecule has 1 heteroatoms. The van der Waals surface area contributed by atoms with E-state index in [9.17, 15) is 0 Å². The molecule has 0 bridgehead atoms. The first-order valence-electron chi connectivity index (χ1n) is 5.96. The molecule has 1 fully saturated rings. The highest BCUT2D eigenvalue weighted by atomic mass is 32.2. The predicted molar refractivity (Wildman–Crippen MR) is 67.4 cm³/mol. The van der Waals surface area contributed by atoms with Crippen LogP contribution in [0.3, 0.4) is 0 Å². The molecule has 0 N–H and O–H groups in total. The van der Waals surface area contributed by atoms with Crippen molar-refractivity contribution in [1.29, 1.82) is 0 Å². The smallest absolute Gasteiger partial charge is 0.00191 e. The Morgan fingerprint density at radius 1 is 1.20 bits per heavy atom. The summed E-state index contributed by atoms with van der Waals surface area (Å²) in [5, 5.41) is 0.888. The highest BCUT2D eigenvalue weighted by Crippen LogP contribution is 2.47. The van der Waals surface area contributed by atoms with E-state index in [4.69, 9.17) is 0 Å². The number of fused-ring (bicyclic) bond motifs is 1. The van der Waals surface area contributed by atoms with Crippen LogP contribution in [0.25, 0.3) is 0 Å². The molecule has 1 unspecified atom stereocenters. The molecule has 1 atom stereocenters. The lowest BCUT2D eigenvalue weighted by atomic mass is 9.81. The lowest BCUT2D eigenvalue weighted by molar-refractivity contribution is 0.305. The number of benzene rings is 1. The molecule has 1 spiro atoms. The molecule has 0 saturated carbocycles. The van der Waals surface area contributed by atoms with E-state index in [0.717, 1.165) is 5.25 Å². The van der Waals surface area contributed by atoms with Crippen molar-refractivity contribution in [3.63, 3.8) is 0 Å². The van der Waals surface area contributed by atoms with Gasteiger partial charge in [-0.15, -0.1) is 0 Å². The molecule has 1 heterocycles. The van der Waals surface area contributed by atoms with E-state index in [0.29, 0.717) is 5.41 Å². The van der Waals surface area contributed by atoms with Gasteiger partial charge in [0, 0.05) is 5.25 Å².